The minimum atomic E-state index is 0.730. The summed E-state index contributed by atoms with van der Waals surface area (Å²) < 4.78 is 0. The van der Waals surface area contributed by atoms with Crippen LogP contribution in [0.5, 0.6) is 0 Å². The first-order valence-corrected chi connectivity index (χ1v) is 6.65. The predicted molar refractivity (Wildman–Crippen MR) is 67.9 cm³/mol. The predicted octanol–water partition coefficient (Wildman–Crippen LogP) is 1.57. The lowest BCUT2D eigenvalue weighted by molar-refractivity contribution is 0.549. The Balaban J connectivity index is 1.68. The molecule has 1 N–H and O–H groups in total. The van der Waals surface area contributed by atoms with Gasteiger partial charge in [0.05, 0.1) is 18.1 Å². The molecule has 0 amide bonds. The summed E-state index contributed by atoms with van der Waals surface area (Å²) in [4.78, 5) is 11.5. The van der Waals surface area contributed by atoms with Crippen molar-refractivity contribution in [1.82, 2.24) is 15.3 Å². The number of hydrogen-bond acceptors (Lipinski definition) is 4. The third-order valence-corrected chi connectivity index (χ3v) is 3.95. The fourth-order valence-electron chi connectivity index (χ4n) is 3.05. The van der Waals surface area contributed by atoms with E-state index in [1.165, 1.54) is 25.8 Å². The van der Waals surface area contributed by atoms with Crippen LogP contribution in [-0.4, -0.2) is 29.1 Å². The number of anilines is 1. The van der Waals surface area contributed by atoms with Crippen LogP contribution >= 0.6 is 0 Å². The van der Waals surface area contributed by atoms with Crippen LogP contribution in [0.1, 0.15) is 31.9 Å². The molecule has 2 heterocycles. The van der Waals surface area contributed by atoms with Crippen molar-refractivity contribution in [3.8, 4) is 0 Å². The van der Waals surface area contributed by atoms with Crippen LogP contribution in [0.25, 0.3) is 0 Å². The third kappa shape index (κ3) is 2.14. The zero-order valence-corrected chi connectivity index (χ0v) is 10.4. The maximum atomic E-state index is 4.56. The van der Waals surface area contributed by atoms with Crippen LogP contribution in [0.2, 0.25) is 0 Å². The van der Waals surface area contributed by atoms with E-state index in [1.807, 2.05) is 12.4 Å². The average molecular weight is 232 g/mol. The van der Waals surface area contributed by atoms with Crippen LogP contribution in [0.4, 0.5) is 5.82 Å². The number of aromatic nitrogens is 2. The molecular weight excluding hydrogens is 212 g/mol. The van der Waals surface area contributed by atoms with E-state index < -0.39 is 0 Å². The summed E-state index contributed by atoms with van der Waals surface area (Å²) in [6.07, 6.45) is 7.96. The van der Waals surface area contributed by atoms with Gasteiger partial charge in [0.1, 0.15) is 5.82 Å². The van der Waals surface area contributed by atoms with E-state index in [0.29, 0.717) is 0 Å². The van der Waals surface area contributed by atoms with E-state index in [0.717, 1.165) is 36.6 Å². The lowest BCUT2D eigenvalue weighted by atomic mass is 10.1. The smallest absolute Gasteiger partial charge is 0.147 e. The molecule has 2 unspecified atom stereocenters. The first-order chi connectivity index (χ1) is 8.36. The Hall–Kier alpha value is -1.16. The minimum absolute atomic E-state index is 0.730. The van der Waals surface area contributed by atoms with Gasteiger partial charge in [-0.3, -0.25) is 4.98 Å². The largest absolute Gasteiger partial charge is 0.352 e. The molecule has 4 nitrogen and oxygen atoms in total. The van der Waals surface area contributed by atoms with Gasteiger partial charge in [0.2, 0.25) is 0 Å². The van der Waals surface area contributed by atoms with E-state index in [1.54, 1.807) is 0 Å². The third-order valence-electron chi connectivity index (χ3n) is 3.95. The Kier molecular flexibility index (Phi) is 2.97. The second-order valence-electron chi connectivity index (χ2n) is 5.13. The van der Waals surface area contributed by atoms with Crippen LogP contribution in [-0.2, 0) is 6.54 Å². The molecule has 1 saturated carbocycles. The molecule has 1 aliphatic heterocycles. The van der Waals surface area contributed by atoms with Gasteiger partial charge in [-0.15, -0.1) is 0 Å². The van der Waals surface area contributed by atoms with E-state index in [2.05, 4.69) is 27.1 Å². The fraction of sp³-hybridized carbons (Fsp3) is 0.692. The molecule has 17 heavy (non-hydrogen) atoms. The molecule has 0 aromatic carbocycles. The summed E-state index contributed by atoms with van der Waals surface area (Å²) in [5.41, 5.74) is 1.03. The van der Waals surface area contributed by atoms with E-state index >= 15 is 0 Å². The maximum Gasteiger partial charge on any atom is 0.147 e. The van der Waals surface area contributed by atoms with Gasteiger partial charge in [-0.05, 0) is 31.7 Å². The van der Waals surface area contributed by atoms with Crippen LogP contribution < -0.4 is 10.2 Å². The molecule has 1 aromatic heterocycles. The molecule has 2 aliphatic rings. The molecule has 2 fully saturated rings. The normalized spacial score (nSPS) is 26.8. The molecule has 1 aromatic rings. The van der Waals surface area contributed by atoms with Gasteiger partial charge in [-0.2, -0.15) is 0 Å². The van der Waals surface area contributed by atoms with E-state index in [4.69, 9.17) is 0 Å². The first kappa shape index (κ1) is 11.0. The second kappa shape index (κ2) is 4.61. The number of rotatable bonds is 4. The van der Waals surface area contributed by atoms with Gasteiger partial charge in [0.25, 0.3) is 0 Å². The molecule has 1 aliphatic carbocycles. The topological polar surface area (TPSA) is 41.1 Å². The summed E-state index contributed by atoms with van der Waals surface area (Å²) >= 11 is 0. The SMILES string of the molecule is CCNCc1cnc(N2CC3CCC2C3)cn1. The zero-order valence-electron chi connectivity index (χ0n) is 10.4. The lowest BCUT2D eigenvalue weighted by Gasteiger charge is -2.27. The second-order valence-corrected chi connectivity index (χ2v) is 5.13. The van der Waals surface area contributed by atoms with Gasteiger partial charge in [-0.1, -0.05) is 6.92 Å². The van der Waals surface area contributed by atoms with Crippen molar-refractivity contribution < 1.29 is 0 Å². The average Bonchev–Trinajstić information content (AvgIpc) is 2.99. The van der Waals surface area contributed by atoms with Crippen molar-refractivity contribution in [3.05, 3.63) is 18.1 Å². The highest BCUT2D eigenvalue weighted by atomic mass is 15.2. The molecule has 0 radical (unpaired) electrons. The molecule has 92 valence electrons. The Morgan fingerprint density at radius 3 is 2.88 bits per heavy atom. The van der Waals surface area contributed by atoms with Crippen molar-refractivity contribution in [2.75, 3.05) is 18.0 Å². The molecule has 0 spiro atoms. The molecule has 2 bridgehead atoms. The summed E-state index contributed by atoms with van der Waals surface area (Å²) in [7, 11) is 0. The highest BCUT2D eigenvalue weighted by Gasteiger charge is 2.38. The van der Waals surface area contributed by atoms with E-state index in [-0.39, 0.29) is 0 Å². The monoisotopic (exact) mass is 232 g/mol. The molecule has 4 heteroatoms. The van der Waals surface area contributed by atoms with Gasteiger partial charge in [-0.25, -0.2) is 4.98 Å². The molecule has 3 rings (SSSR count). The molecule has 2 atom stereocenters. The van der Waals surface area contributed by atoms with E-state index in [9.17, 15) is 0 Å². The van der Waals surface area contributed by atoms with Gasteiger partial charge >= 0.3 is 0 Å². The standard InChI is InChI=1S/C13H20N4/c1-2-14-6-11-7-16-13(8-15-11)17-9-10-3-4-12(17)5-10/h7-8,10,12,14H,2-6,9H2,1H3. The molecule has 1 saturated heterocycles. The van der Waals surface area contributed by atoms with Crippen LogP contribution in [0.15, 0.2) is 12.4 Å². The zero-order chi connectivity index (χ0) is 11.7. The Labute approximate surface area is 102 Å². The minimum Gasteiger partial charge on any atom is -0.352 e. The summed E-state index contributed by atoms with van der Waals surface area (Å²) in [5, 5.41) is 3.26. The summed E-state index contributed by atoms with van der Waals surface area (Å²) in [6.45, 7) is 5.07. The Bertz CT molecular complexity index is 376. The quantitative estimate of drug-likeness (QED) is 0.855. The maximum absolute atomic E-state index is 4.56. The van der Waals surface area contributed by atoms with Gasteiger partial charge < -0.3 is 10.2 Å². The highest BCUT2D eigenvalue weighted by molar-refractivity contribution is 5.40. The number of piperidine rings is 1. The lowest BCUT2D eigenvalue weighted by Crippen LogP contribution is -2.32. The summed E-state index contributed by atoms with van der Waals surface area (Å²) in [5.74, 6) is 1.97. The Morgan fingerprint density at radius 2 is 2.29 bits per heavy atom. The summed E-state index contributed by atoms with van der Waals surface area (Å²) in [6, 6.07) is 0.730. The molecular formula is C13H20N4. The Morgan fingerprint density at radius 1 is 1.35 bits per heavy atom. The number of nitrogens with one attached hydrogen (secondary N) is 1. The van der Waals surface area contributed by atoms with Crippen molar-refractivity contribution in [1.29, 1.82) is 0 Å². The van der Waals surface area contributed by atoms with Crippen LogP contribution in [0, 0.1) is 5.92 Å². The van der Waals surface area contributed by atoms with Gasteiger partial charge in [0, 0.05) is 19.1 Å². The van der Waals surface area contributed by atoms with Crippen molar-refractivity contribution in [3.63, 3.8) is 0 Å². The number of nitrogens with zero attached hydrogens (tertiary/aromatic N) is 3. The number of hydrogen-bond donors (Lipinski definition) is 1. The van der Waals surface area contributed by atoms with Crippen LogP contribution in [0.3, 0.4) is 0 Å². The van der Waals surface area contributed by atoms with Crippen molar-refractivity contribution in [2.24, 2.45) is 5.92 Å². The van der Waals surface area contributed by atoms with Crippen molar-refractivity contribution in [2.45, 2.75) is 38.8 Å². The van der Waals surface area contributed by atoms with Gasteiger partial charge in [0.15, 0.2) is 0 Å². The first-order valence-electron chi connectivity index (χ1n) is 6.65. The highest BCUT2D eigenvalue weighted by Crippen LogP contribution is 2.39. The van der Waals surface area contributed by atoms with Crippen molar-refractivity contribution >= 4 is 5.82 Å². The number of fused-ring (bicyclic) bond motifs is 2. The fourth-order valence-corrected chi connectivity index (χ4v) is 3.05.